The molecule has 0 bridgehead atoms. The number of hydrogen-bond acceptors (Lipinski definition) is 0. The van der Waals surface area contributed by atoms with Crippen molar-refractivity contribution >= 4 is 0 Å². The average molecular weight is 214 g/mol. The second-order valence-electron chi connectivity index (χ2n) is 4.73. The molecule has 0 nitrogen and oxygen atoms in total. The smallest absolute Gasteiger partial charge is 0.0276 e. The predicted octanol–water partition coefficient (Wildman–Crippen LogP) is 5.10. The van der Waals surface area contributed by atoms with Gasteiger partial charge in [-0.2, -0.15) is 0 Å². The van der Waals surface area contributed by atoms with E-state index in [1.54, 1.807) is 11.1 Å². The van der Waals surface area contributed by atoms with Gasteiger partial charge in [-0.05, 0) is 62.5 Å². The van der Waals surface area contributed by atoms with Crippen LogP contribution in [0.4, 0.5) is 0 Å². The summed E-state index contributed by atoms with van der Waals surface area (Å²) >= 11 is 0. The van der Waals surface area contributed by atoms with Crippen LogP contribution in [0, 0.1) is 0 Å². The zero-order valence-corrected chi connectivity index (χ0v) is 10.1. The van der Waals surface area contributed by atoms with Crippen LogP contribution in [0.2, 0.25) is 0 Å². The van der Waals surface area contributed by atoms with Crippen molar-refractivity contribution in [3.63, 3.8) is 0 Å². The van der Waals surface area contributed by atoms with Crippen molar-refractivity contribution in [1.29, 1.82) is 0 Å². The zero-order chi connectivity index (χ0) is 11.1. The highest BCUT2D eigenvalue weighted by molar-refractivity contribution is 5.36. The quantitative estimate of drug-likeness (QED) is 0.569. The third-order valence-electron chi connectivity index (χ3n) is 3.41. The minimum atomic E-state index is 1.25. The van der Waals surface area contributed by atoms with Gasteiger partial charge in [0, 0.05) is 0 Å². The van der Waals surface area contributed by atoms with E-state index in [2.05, 4.69) is 36.5 Å². The van der Waals surface area contributed by atoms with E-state index in [-0.39, 0.29) is 0 Å². The van der Waals surface area contributed by atoms with E-state index in [0.717, 1.165) is 0 Å². The van der Waals surface area contributed by atoms with E-state index in [1.165, 1.54) is 51.4 Å². The van der Waals surface area contributed by atoms with Crippen molar-refractivity contribution in [2.75, 3.05) is 0 Å². The summed E-state index contributed by atoms with van der Waals surface area (Å²) in [6, 6.07) is 0. The first-order valence-electron chi connectivity index (χ1n) is 6.68. The summed E-state index contributed by atoms with van der Waals surface area (Å²) in [6.07, 6.45) is 24.2. The fraction of sp³-hybridized carbons (Fsp3) is 0.500. The Morgan fingerprint density at radius 1 is 0.625 bits per heavy atom. The molecular formula is C16H22. The first kappa shape index (κ1) is 11.4. The second-order valence-corrected chi connectivity index (χ2v) is 4.73. The second kappa shape index (κ2) is 6.52. The lowest BCUT2D eigenvalue weighted by Gasteiger charge is -2.14. The maximum atomic E-state index is 2.33. The zero-order valence-electron chi connectivity index (χ0n) is 10.1. The molecular weight excluding hydrogens is 192 g/mol. The van der Waals surface area contributed by atoms with Gasteiger partial charge in [-0.1, -0.05) is 36.5 Å². The molecule has 0 spiro atoms. The third-order valence-corrected chi connectivity index (χ3v) is 3.41. The molecule has 0 aromatic carbocycles. The molecule has 0 heteroatoms. The molecule has 0 aromatic heterocycles. The minimum absolute atomic E-state index is 1.25. The topological polar surface area (TPSA) is 0 Å². The molecule has 16 heavy (non-hydrogen) atoms. The summed E-state index contributed by atoms with van der Waals surface area (Å²) in [5.41, 5.74) is 3.14. The maximum Gasteiger partial charge on any atom is -0.0276 e. The van der Waals surface area contributed by atoms with Gasteiger partial charge in [-0.15, -0.1) is 0 Å². The van der Waals surface area contributed by atoms with Crippen molar-refractivity contribution in [3.05, 3.63) is 47.6 Å². The lowest BCUT2D eigenvalue weighted by Crippen LogP contribution is -1.94. The van der Waals surface area contributed by atoms with Crippen LogP contribution >= 0.6 is 0 Å². The van der Waals surface area contributed by atoms with Gasteiger partial charge in [0.05, 0.1) is 0 Å². The Labute approximate surface area is 99.4 Å². The van der Waals surface area contributed by atoms with Crippen LogP contribution in [0.5, 0.6) is 0 Å². The lowest BCUT2D eigenvalue weighted by atomic mass is 9.92. The molecule has 0 aliphatic heterocycles. The Morgan fingerprint density at radius 2 is 1.12 bits per heavy atom. The van der Waals surface area contributed by atoms with E-state index in [0.29, 0.717) is 0 Å². The maximum absolute atomic E-state index is 2.33. The van der Waals surface area contributed by atoms with Gasteiger partial charge in [-0.3, -0.25) is 0 Å². The molecule has 0 aromatic rings. The van der Waals surface area contributed by atoms with Gasteiger partial charge in [0.15, 0.2) is 0 Å². The van der Waals surface area contributed by atoms with Crippen LogP contribution < -0.4 is 0 Å². The first-order chi connectivity index (χ1) is 7.97. The molecule has 0 amide bonds. The molecule has 0 heterocycles. The number of rotatable bonds is 1. The Bertz CT molecular complexity index is 292. The van der Waals surface area contributed by atoms with E-state index < -0.39 is 0 Å². The molecule has 0 N–H and O–H groups in total. The van der Waals surface area contributed by atoms with Crippen LogP contribution in [-0.2, 0) is 0 Å². The Morgan fingerprint density at radius 3 is 1.62 bits per heavy atom. The van der Waals surface area contributed by atoms with E-state index in [4.69, 9.17) is 0 Å². The molecule has 0 unspecified atom stereocenters. The summed E-state index contributed by atoms with van der Waals surface area (Å²) in [4.78, 5) is 0. The molecule has 2 aliphatic rings. The van der Waals surface area contributed by atoms with Crippen LogP contribution in [-0.4, -0.2) is 0 Å². The summed E-state index contributed by atoms with van der Waals surface area (Å²) in [6.45, 7) is 0. The molecule has 0 fully saturated rings. The van der Waals surface area contributed by atoms with Gasteiger partial charge in [-0.25, -0.2) is 0 Å². The van der Waals surface area contributed by atoms with Crippen LogP contribution in [0.15, 0.2) is 47.6 Å². The molecule has 2 rings (SSSR count). The van der Waals surface area contributed by atoms with Crippen LogP contribution in [0.3, 0.4) is 0 Å². The van der Waals surface area contributed by atoms with Gasteiger partial charge in [0.1, 0.15) is 0 Å². The van der Waals surface area contributed by atoms with Crippen LogP contribution in [0.25, 0.3) is 0 Å². The van der Waals surface area contributed by atoms with Gasteiger partial charge in [0.25, 0.3) is 0 Å². The molecule has 0 saturated carbocycles. The summed E-state index contributed by atoms with van der Waals surface area (Å²) in [5, 5.41) is 0. The molecule has 0 radical (unpaired) electrons. The Kier molecular flexibility index (Phi) is 4.67. The summed E-state index contributed by atoms with van der Waals surface area (Å²) in [7, 11) is 0. The summed E-state index contributed by atoms with van der Waals surface area (Å²) in [5.74, 6) is 0. The average Bonchev–Trinajstić information content (AvgIpc) is 2.18. The van der Waals surface area contributed by atoms with E-state index in [9.17, 15) is 0 Å². The molecule has 0 saturated heterocycles. The highest BCUT2D eigenvalue weighted by Crippen LogP contribution is 2.25. The van der Waals surface area contributed by atoms with Crippen LogP contribution in [0.1, 0.15) is 51.4 Å². The molecule has 0 atom stereocenters. The van der Waals surface area contributed by atoms with Crippen molar-refractivity contribution in [2.24, 2.45) is 0 Å². The highest BCUT2D eigenvalue weighted by Gasteiger charge is 2.06. The van der Waals surface area contributed by atoms with E-state index in [1.807, 2.05) is 0 Å². The Hall–Kier alpha value is -1.04. The first-order valence-corrected chi connectivity index (χ1v) is 6.68. The minimum Gasteiger partial charge on any atom is -0.0845 e. The molecule has 2 aliphatic carbocycles. The monoisotopic (exact) mass is 214 g/mol. The number of hydrogen-bond donors (Lipinski definition) is 0. The van der Waals surface area contributed by atoms with Crippen molar-refractivity contribution < 1.29 is 0 Å². The normalized spacial score (nSPS) is 33.0. The fourth-order valence-corrected chi connectivity index (χ4v) is 2.42. The van der Waals surface area contributed by atoms with Crippen molar-refractivity contribution in [1.82, 2.24) is 0 Å². The van der Waals surface area contributed by atoms with Crippen molar-refractivity contribution in [3.8, 4) is 0 Å². The largest absolute Gasteiger partial charge is 0.0845 e. The standard InChI is InChI=1S/C16H22/c1-3-7-11-15(12-8-4-1)16-13-9-5-2-6-10-14-16/h3,5,7,9,11,13H,1-2,4,6,8,10,12,14H2/b7-3-,9-5-,15-11-,16-13+. The Balaban J connectivity index is 2.13. The third kappa shape index (κ3) is 3.52. The lowest BCUT2D eigenvalue weighted by molar-refractivity contribution is 0.709. The predicted molar refractivity (Wildman–Crippen MR) is 71.4 cm³/mol. The SMILES string of the molecule is C1=C\CCCCC(/C2=C/C=C\CCCC2)=C/1. The number of allylic oxidation sites excluding steroid dienone is 8. The van der Waals surface area contributed by atoms with Gasteiger partial charge < -0.3 is 0 Å². The fourth-order valence-electron chi connectivity index (χ4n) is 2.42. The molecule has 86 valence electrons. The van der Waals surface area contributed by atoms with E-state index >= 15 is 0 Å². The highest BCUT2D eigenvalue weighted by atomic mass is 14.1. The van der Waals surface area contributed by atoms with Crippen molar-refractivity contribution in [2.45, 2.75) is 51.4 Å². The summed E-state index contributed by atoms with van der Waals surface area (Å²) < 4.78 is 0. The van der Waals surface area contributed by atoms with Gasteiger partial charge in [0.2, 0.25) is 0 Å². The van der Waals surface area contributed by atoms with Gasteiger partial charge >= 0.3 is 0 Å².